The molecule has 2 heterocycles. The molecule has 1 aliphatic carbocycles. The third kappa shape index (κ3) is 3.02. The third-order valence-electron chi connectivity index (χ3n) is 3.47. The molecule has 0 unspecified atom stereocenters. The number of nitrogens with two attached hydrogens (primary N) is 1. The molecular formula is C13H17ClN5O2+. The van der Waals surface area contributed by atoms with Crippen molar-refractivity contribution in [1.82, 2.24) is 0 Å². The van der Waals surface area contributed by atoms with E-state index in [-0.39, 0.29) is 17.9 Å². The van der Waals surface area contributed by atoms with Crippen molar-refractivity contribution in [3.05, 3.63) is 18.3 Å². The lowest BCUT2D eigenvalue weighted by Crippen LogP contribution is -2.42. The average molecular weight is 311 g/mol. The maximum absolute atomic E-state index is 11.0. The molecule has 3 rings (SSSR count). The van der Waals surface area contributed by atoms with Crippen LogP contribution in [-0.2, 0) is 9.63 Å². The minimum absolute atomic E-state index is 0.00426. The number of alkyl halides is 1. The molecule has 1 aromatic heterocycles. The number of nitrogens with zero attached hydrogens (tertiary/aromatic N) is 2. The molecule has 112 valence electrons. The first-order valence-corrected chi connectivity index (χ1v) is 7.36. The normalized spacial score (nSPS) is 20.9. The van der Waals surface area contributed by atoms with Crippen LogP contribution in [0.3, 0.4) is 0 Å². The summed E-state index contributed by atoms with van der Waals surface area (Å²) in [5.74, 6) is 0.460. The predicted molar refractivity (Wildman–Crippen MR) is 79.0 cm³/mol. The Kier molecular flexibility index (Phi) is 3.83. The Morgan fingerprint density at radius 1 is 1.62 bits per heavy atom. The van der Waals surface area contributed by atoms with Gasteiger partial charge in [0.15, 0.2) is 6.17 Å². The van der Waals surface area contributed by atoms with E-state index in [0.29, 0.717) is 12.5 Å². The number of carbonyl (C=O) groups excluding carboxylic acids is 1. The number of carbonyl (C=O) groups is 1. The van der Waals surface area contributed by atoms with Crippen molar-refractivity contribution in [3.63, 3.8) is 0 Å². The predicted octanol–water partition coefficient (Wildman–Crippen LogP) is 0.665. The van der Waals surface area contributed by atoms with Crippen molar-refractivity contribution in [1.29, 1.82) is 0 Å². The monoisotopic (exact) mass is 310 g/mol. The minimum atomic E-state index is -0.616. The van der Waals surface area contributed by atoms with Crippen molar-refractivity contribution in [2.24, 2.45) is 10.9 Å². The van der Waals surface area contributed by atoms with E-state index in [4.69, 9.17) is 17.3 Å². The molecule has 0 aromatic carbocycles. The van der Waals surface area contributed by atoms with Crippen LogP contribution in [0.25, 0.3) is 0 Å². The number of halogens is 1. The second-order valence-corrected chi connectivity index (χ2v) is 5.38. The van der Waals surface area contributed by atoms with E-state index in [2.05, 4.69) is 25.2 Å². The smallest absolute Gasteiger partial charge is 0.349 e. The summed E-state index contributed by atoms with van der Waals surface area (Å²) < 4.78 is 0. The van der Waals surface area contributed by atoms with E-state index in [1.165, 1.54) is 12.8 Å². The highest BCUT2D eigenvalue weighted by Gasteiger charge is 2.46. The van der Waals surface area contributed by atoms with Gasteiger partial charge in [-0.05, 0) is 25.0 Å². The lowest BCUT2D eigenvalue weighted by atomic mass is 10.3. The number of aromatic nitrogens is 1. The summed E-state index contributed by atoms with van der Waals surface area (Å²) >= 11 is 5.33. The van der Waals surface area contributed by atoms with E-state index in [0.717, 1.165) is 11.5 Å². The quantitative estimate of drug-likeness (QED) is 0.274. The van der Waals surface area contributed by atoms with Gasteiger partial charge in [0.1, 0.15) is 17.4 Å². The second kappa shape index (κ2) is 5.77. The zero-order chi connectivity index (χ0) is 14.8. The maximum Gasteiger partial charge on any atom is 0.349 e. The highest BCUT2D eigenvalue weighted by atomic mass is 35.5. The van der Waals surface area contributed by atoms with Gasteiger partial charge in [-0.1, -0.05) is 5.16 Å². The molecule has 0 bridgehead atoms. The summed E-state index contributed by atoms with van der Waals surface area (Å²) in [5, 5.41) is 7.02. The molecule has 7 nitrogen and oxygen atoms in total. The SMILES string of the molecule is N/C(C[C@@H]1Nc2ccc[nH+]c2N1C1CC1)=N/OC(=O)CCl. The fraction of sp³-hybridized carbons (Fsp3) is 0.462. The molecule has 1 atom stereocenters. The van der Waals surface area contributed by atoms with Crippen LogP contribution in [0.4, 0.5) is 11.5 Å². The van der Waals surface area contributed by atoms with Crippen molar-refractivity contribution >= 4 is 34.9 Å². The lowest BCUT2D eigenvalue weighted by molar-refractivity contribution is -0.362. The van der Waals surface area contributed by atoms with E-state index in [9.17, 15) is 4.79 Å². The number of rotatable bonds is 5. The fourth-order valence-corrected chi connectivity index (χ4v) is 2.52. The summed E-state index contributed by atoms with van der Waals surface area (Å²) in [7, 11) is 0. The highest BCUT2D eigenvalue weighted by Crippen LogP contribution is 2.39. The Bertz CT molecular complexity index is 575. The Labute approximate surface area is 127 Å². The number of fused-ring (bicyclic) bond motifs is 1. The van der Waals surface area contributed by atoms with E-state index >= 15 is 0 Å². The number of oxime groups is 1. The Morgan fingerprint density at radius 3 is 3.14 bits per heavy atom. The summed E-state index contributed by atoms with van der Waals surface area (Å²) in [5.41, 5.74) is 6.87. The van der Waals surface area contributed by atoms with Gasteiger partial charge in [0, 0.05) is 0 Å². The Morgan fingerprint density at radius 2 is 2.43 bits per heavy atom. The molecule has 0 amide bonds. The molecule has 1 saturated carbocycles. The summed E-state index contributed by atoms with van der Waals surface area (Å²) in [6.45, 7) is 0. The highest BCUT2D eigenvalue weighted by molar-refractivity contribution is 6.26. The molecule has 8 heteroatoms. The van der Waals surface area contributed by atoms with Crippen LogP contribution < -0.4 is 20.9 Å². The molecule has 0 spiro atoms. The number of hydrogen-bond donors (Lipinski definition) is 2. The van der Waals surface area contributed by atoms with E-state index in [1.54, 1.807) is 0 Å². The topological polar surface area (TPSA) is 94.1 Å². The van der Waals surface area contributed by atoms with Gasteiger partial charge in [-0.25, -0.2) is 14.7 Å². The van der Waals surface area contributed by atoms with Gasteiger partial charge >= 0.3 is 5.97 Å². The van der Waals surface area contributed by atoms with Gasteiger partial charge in [0.2, 0.25) is 0 Å². The molecule has 0 saturated heterocycles. The molecule has 2 aliphatic rings. The minimum Gasteiger partial charge on any atom is -0.384 e. The van der Waals surface area contributed by atoms with Crippen LogP contribution in [0.1, 0.15) is 19.3 Å². The molecule has 4 N–H and O–H groups in total. The first-order chi connectivity index (χ1) is 10.2. The van der Waals surface area contributed by atoms with Crippen LogP contribution in [0.15, 0.2) is 23.5 Å². The number of anilines is 2. The van der Waals surface area contributed by atoms with Crippen LogP contribution in [0, 0.1) is 0 Å². The Hall–Kier alpha value is -2.02. The summed E-state index contributed by atoms with van der Waals surface area (Å²) in [6, 6.07) is 4.47. The van der Waals surface area contributed by atoms with Crippen LogP contribution in [-0.4, -0.2) is 29.9 Å². The van der Waals surface area contributed by atoms with Crippen LogP contribution in [0.5, 0.6) is 0 Å². The molecule has 1 aromatic rings. The average Bonchev–Trinajstić information content (AvgIpc) is 3.26. The van der Waals surface area contributed by atoms with E-state index in [1.807, 2.05) is 18.3 Å². The van der Waals surface area contributed by atoms with Gasteiger partial charge in [-0.15, -0.1) is 11.6 Å². The van der Waals surface area contributed by atoms with Gasteiger partial charge < -0.3 is 15.9 Å². The van der Waals surface area contributed by atoms with Crippen molar-refractivity contribution in [3.8, 4) is 0 Å². The molecule has 21 heavy (non-hydrogen) atoms. The third-order valence-corrected chi connectivity index (χ3v) is 3.69. The van der Waals surface area contributed by atoms with Crippen LogP contribution in [0.2, 0.25) is 0 Å². The van der Waals surface area contributed by atoms with Crippen molar-refractivity contribution < 1.29 is 14.6 Å². The number of amidine groups is 1. The molecule has 1 aliphatic heterocycles. The zero-order valence-corrected chi connectivity index (χ0v) is 12.1. The first kappa shape index (κ1) is 13.9. The molecular weight excluding hydrogens is 294 g/mol. The van der Waals surface area contributed by atoms with Gasteiger partial charge in [-0.3, -0.25) is 0 Å². The van der Waals surface area contributed by atoms with E-state index < -0.39 is 5.97 Å². The maximum atomic E-state index is 11.0. The number of pyridine rings is 1. The van der Waals surface area contributed by atoms with Gasteiger partial charge in [-0.2, -0.15) is 0 Å². The number of H-pyrrole nitrogens is 1. The number of nitrogens with one attached hydrogen (secondary N) is 2. The van der Waals surface area contributed by atoms with Crippen molar-refractivity contribution in [2.75, 3.05) is 16.1 Å². The number of aromatic amines is 1. The van der Waals surface area contributed by atoms with Crippen molar-refractivity contribution in [2.45, 2.75) is 31.5 Å². The Balaban J connectivity index is 1.70. The van der Waals surface area contributed by atoms with Gasteiger partial charge in [0.05, 0.1) is 18.7 Å². The summed E-state index contributed by atoms with van der Waals surface area (Å²) in [4.78, 5) is 21.1. The molecule has 1 fully saturated rings. The van der Waals surface area contributed by atoms with Gasteiger partial charge in [0.25, 0.3) is 5.82 Å². The fourth-order valence-electron chi connectivity index (χ4n) is 2.47. The summed E-state index contributed by atoms with van der Waals surface area (Å²) in [6.07, 6.45) is 4.69. The lowest BCUT2D eigenvalue weighted by Gasteiger charge is -2.18. The number of hydrogen-bond acceptors (Lipinski definition) is 5. The van der Waals surface area contributed by atoms with Crippen LogP contribution >= 0.6 is 11.6 Å². The zero-order valence-electron chi connectivity index (χ0n) is 11.4. The standard InChI is InChI=1S/C13H16ClN5O2/c14-7-12(20)21-18-10(15)6-11-17-9-2-1-5-16-13(9)19(11)8-3-4-8/h1-2,5,8,11,17H,3-4,6-7H2,(H2,15,18)/p+1/t11-/m1/s1. The molecule has 0 radical (unpaired) electrons. The largest absolute Gasteiger partial charge is 0.384 e. The first-order valence-electron chi connectivity index (χ1n) is 6.82. The second-order valence-electron chi connectivity index (χ2n) is 5.11.